The predicted octanol–water partition coefficient (Wildman–Crippen LogP) is 6.08. The maximum absolute atomic E-state index is 13.2. The fraction of sp³-hybridized carbons (Fsp3) is 0.367. The second-order valence-corrected chi connectivity index (χ2v) is 12.1. The van der Waals surface area contributed by atoms with Crippen LogP contribution in [0.25, 0.3) is 10.2 Å². The molecule has 1 aliphatic heterocycles. The number of thiophene rings is 1. The first-order valence-corrected chi connectivity index (χ1v) is 14.8. The summed E-state index contributed by atoms with van der Waals surface area (Å²) in [7, 11) is 2.11. The third kappa shape index (κ3) is 5.92. The Kier molecular flexibility index (Phi) is 7.87. The number of hydrogen-bond donors (Lipinski definition) is 1. The standard InChI is InChI=1S/C30H31ClFN5O2S/c1-36-10-12-37(13-11-36)27(38)15-20-4-8-23-26(14-20)40-30-28(23)29(33-18-34-30)35-22-7-9-25(24(31)16-22)39-17-19-2-5-21(32)6-3-19/h2-3,5-7,9,16,18,20H,4,8,10-15,17H2,1H3,(H,33,34,35). The lowest BCUT2D eigenvalue weighted by Crippen LogP contribution is -2.47. The minimum absolute atomic E-state index is 0.279. The molecule has 40 heavy (non-hydrogen) atoms. The average Bonchev–Trinajstić information content (AvgIpc) is 3.32. The summed E-state index contributed by atoms with van der Waals surface area (Å²) in [5.41, 5.74) is 2.94. The Bertz CT molecular complexity index is 1520. The average molecular weight is 580 g/mol. The van der Waals surface area contributed by atoms with Crippen LogP contribution in [0.5, 0.6) is 5.75 Å². The largest absolute Gasteiger partial charge is 0.487 e. The second-order valence-electron chi connectivity index (χ2n) is 10.6. The number of likely N-dealkylation sites (N-methyl/N-ethyl adjacent to an activating group) is 1. The van der Waals surface area contributed by atoms with Crippen LogP contribution >= 0.6 is 22.9 Å². The van der Waals surface area contributed by atoms with Crippen LogP contribution in [-0.4, -0.2) is 58.9 Å². The molecule has 0 saturated carbocycles. The lowest BCUT2D eigenvalue weighted by Gasteiger charge is -2.33. The molecule has 1 fully saturated rings. The van der Waals surface area contributed by atoms with Crippen molar-refractivity contribution in [1.29, 1.82) is 0 Å². The molecule has 1 atom stereocenters. The summed E-state index contributed by atoms with van der Waals surface area (Å²) in [6, 6.07) is 11.7. The van der Waals surface area contributed by atoms with Gasteiger partial charge >= 0.3 is 0 Å². The molecule has 0 radical (unpaired) electrons. The number of amides is 1. The highest BCUT2D eigenvalue weighted by atomic mass is 35.5. The van der Waals surface area contributed by atoms with E-state index in [1.54, 1.807) is 29.8 Å². The predicted molar refractivity (Wildman–Crippen MR) is 157 cm³/mol. The number of aryl methyl sites for hydroxylation is 1. The summed E-state index contributed by atoms with van der Waals surface area (Å²) in [5.74, 6) is 1.67. The number of anilines is 2. The van der Waals surface area contributed by atoms with Gasteiger partial charge in [-0.15, -0.1) is 11.3 Å². The summed E-state index contributed by atoms with van der Waals surface area (Å²) >= 11 is 8.24. The monoisotopic (exact) mass is 579 g/mol. The van der Waals surface area contributed by atoms with E-state index in [0.717, 1.165) is 72.7 Å². The Labute approximate surface area is 241 Å². The summed E-state index contributed by atoms with van der Waals surface area (Å²) in [6.07, 6.45) is 5.00. The molecule has 2 aromatic heterocycles. The number of carbonyl (C=O) groups excluding carboxylic acids is 1. The van der Waals surface area contributed by atoms with Crippen LogP contribution in [0.4, 0.5) is 15.9 Å². The van der Waals surface area contributed by atoms with E-state index in [-0.39, 0.29) is 11.7 Å². The first-order chi connectivity index (χ1) is 19.4. The van der Waals surface area contributed by atoms with Crippen LogP contribution in [0.15, 0.2) is 48.8 Å². The molecule has 2 aromatic carbocycles. The fourth-order valence-electron chi connectivity index (χ4n) is 5.45. The number of ether oxygens (including phenoxy) is 1. The van der Waals surface area contributed by atoms with E-state index in [1.165, 1.54) is 22.6 Å². The maximum Gasteiger partial charge on any atom is 0.222 e. The molecule has 1 unspecified atom stereocenters. The topological polar surface area (TPSA) is 70.6 Å². The van der Waals surface area contributed by atoms with Crippen LogP contribution in [0.1, 0.15) is 28.8 Å². The van der Waals surface area contributed by atoms with Crippen LogP contribution < -0.4 is 10.1 Å². The highest BCUT2D eigenvalue weighted by molar-refractivity contribution is 7.19. The summed E-state index contributed by atoms with van der Waals surface area (Å²) < 4.78 is 19.0. The molecule has 1 aliphatic carbocycles. The van der Waals surface area contributed by atoms with E-state index >= 15 is 0 Å². The van der Waals surface area contributed by atoms with Gasteiger partial charge in [0.1, 0.15) is 35.1 Å². The van der Waals surface area contributed by atoms with Crippen LogP contribution in [0.2, 0.25) is 5.02 Å². The molecule has 208 valence electrons. The zero-order valence-electron chi connectivity index (χ0n) is 22.3. The Morgan fingerprint density at radius 2 is 1.95 bits per heavy atom. The van der Waals surface area contributed by atoms with Gasteiger partial charge in [-0.2, -0.15) is 0 Å². The van der Waals surface area contributed by atoms with Crippen molar-refractivity contribution in [1.82, 2.24) is 19.8 Å². The van der Waals surface area contributed by atoms with Crippen LogP contribution in [-0.2, 0) is 24.2 Å². The molecule has 0 spiro atoms. The Morgan fingerprint density at radius 1 is 1.15 bits per heavy atom. The molecular weight excluding hydrogens is 549 g/mol. The van der Waals surface area contributed by atoms with Crippen molar-refractivity contribution in [2.75, 3.05) is 38.5 Å². The third-order valence-corrected chi connectivity index (χ3v) is 9.23. The fourth-order valence-corrected chi connectivity index (χ4v) is 6.99. The van der Waals surface area contributed by atoms with Gasteiger partial charge in [-0.25, -0.2) is 14.4 Å². The highest BCUT2D eigenvalue weighted by Crippen LogP contribution is 2.41. The zero-order valence-corrected chi connectivity index (χ0v) is 23.9. The van der Waals surface area contributed by atoms with Gasteiger partial charge in [0.2, 0.25) is 5.91 Å². The molecule has 3 heterocycles. The SMILES string of the molecule is CN1CCN(C(=O)CC2CCc3c(sc4ncnc(Nc5ccc(OCc6ccc(F)cc6)c(Cl)c5)c34)C2)CC1. The van der Waals surface area contributed by atoms with Gasteiger partial charge in [-0.3, -0.25) is 4.79 Å². The van der Waals surface area contributed by atoms with Crippen molar-refractivity contribution in [2.24, 2.45) is 5.92 Å². The Morgan fingerprint density at radius 3 is 2.73 bits per heavy atom. The smallest absolute Gasteiger partial charge is 0.222 e. The van der Waals surface area contributed by atoms with Crippen molar-refractivity contribution in [2.45, 2.75) is 32.3 Å². The van der Waals surface area contributed by atoms with E-state index in [2.05, 4.69) is 27.2 Å². The first kappa shape index (κ1) is 26.9. The summed E-state index contributed by atoms with van der Waals surface area (Å²) in [4.78, 5) is 28.6. The number of carbonyl (C=O) groups is 1. The van der Waals surface area contributed by atoms with Crippen molar-refractivity contribution in [3.63, 3.8) is 0 Å². The molecule has 2 aliphatic rings. The Balaban J connectivity index is 1.13. The van der Waals surface area contributed by atoms with Gasteiger partial charge < -0.3 is 19.9 Å². The molecule has 1 N–H and O–H groups in total. The summed E-state index contributed by atoms with van der Waals surface area (Å²) in [5, 5.41) is 4.96. The van der Waals surface area contributed by atoms with E-state index < -0.39 is 0 Å². The number of rotatable bonds is 7. The van der Waals surface area contributed by atoms with E-state index in [4.69, 9.17) is 16.3 Å². The number of benzene rings is 2. The minimum atomic E-state index is -0.279. The lowest BCUT2D eigenvalue weighted by molar-refractivity contribution is -0.133. The first-order valence-electron chi connectivity index (χ1n) is 13.6. The van der Waals surface area contributed by atoms with Crippen LogP contribution in [0.3, 0.4) is 0 Å². The van der Waals surface area contributed by atoms with E-state index in [0.29, 0.717) is 29.7 Å². The van der Waals surface area contributed by atoms with Gasteiger partial charge in [0, 0.05) is 43.2 Å². The maximum atomic E-state index is 13.2. The van der Waals surface area contributed by atoms with Crippen molar-refractivity contribution < 1.29 is 13.9 Å². The number of piperazine rings is 1. The van der Waals surface area contributed by atoms with Crippen molar-refractivity contribution in [3.05, 3.63) is 75.6 Å². The number of aromatic nitrogens is 2. The van der Waals surface area contributed by atoms with E-state index in [9.17, 15) is 9.18 Å². The molecule has 4 aromatic rings. The molecule has 1 saturated heterocycles. The molecule has 10 heteroatoms. The van der Waals surface area contributed by atoms with Gasteiger partial charge in [-0.05, 0) is 73.7 Å². The van der Waals surface area contributed by atoms with Gasteiger partial charge in [0.15, 0.2) is 0 Å². The van der Waals surface area contributed by atoms with Gasteiger partial charge in [0.25, 0.3) is 0 Å². The lowest BCUT2D eigenvalue weighted by atomic mass is 9.85. The Hall–Kier alpha value is -3.27. The number of nitrogens with one attached hydrogen (secondary N) is 1. The zero-order chi connectivity index (χ0) is 27.6. The molecule has 6 rings (SSSR count). The van der Waals surface area contributed by atoms with Gasteiger partial charge in [0.05, 0.1) is 10.4 Å². The summed E-state index contributed by atoms with van der Waals surface area (Å²) in [6.45, 7) is 3.84. The normalized spacial score (nSPS) is 17.6. The van der Waals surface area contributed by atoms with E-state index in [1.807, 2.05) is 23.1 Å². The molecule has 1 amide bonds. The van der Waals surface area contributed by atoms with Crippen LogP contribution in [0, 0.1) is 11.7 Å². The second kappa shape index (κ2) is 11.7. The molecule has 7 nitrogen and oxygen atoms in total. The number of fused-ring (bicyclic) bond motifs is 3. The highest BCUT2D eigenvalue weighted by Gasteiger charge is 2.28. The number of halogens is 2. The molecule has 0 bridgehead atoms. The quantitative estimate of drug-likeness (QED) is 0.286. The number of hydrogen-bond acceptors (Lipinski definition) is 7. The number of nitrogens with zero attached hydrogens (tertiary/aromatic N) is 4. The van der Waals surface area contributed by atoms with Crippen molar-refractivity contribution in [3.8, 4) is 5.75 Å². The molecular formula is C30H31ClFN5O2S. The third-order valence-electron chi connectivity index (χ3n) is 7.77. The van der Waals surface area contributed by atoms with Gasteiger partial charge in [-0.1, -0.05) is 23.7 Å². The minimum Gasteiger partial charge on any atom is -0.487 e. The van der Waals surface area contributed by atoms with Crippen molar-refractivity contribution >= 4 is 50.6 Å².